The van der Waals surface area contributed by atoms with E-state index in [0.717, 1.165) is 41.1 Å². The van der Waals surface area contributed by atoms with Crippen molar-refractivity contribution in [2.45, 2.75) is 6.42 Å². The number of nitrogens with one attached hydrogen (secondary N) is 1. The van der Waals surface area contributed by atoms with Crippen molar-refractivity contribution < 1.29 is 14.2 Å². The molecule has 112 valence electrons. The van der Waals surface area contributed by atoms with Gasteiger partial charge in [0.15, 0.2) is 11.5 Å². The van der Waals surface area contributed by atoms with E-state index >= 15 is 0 Å². The van der Waals surface area contributed by atoms with E-state index in [-0.39, 0.29) is 6.79 Å². The van der Waals surface area contributed by atoms with E-state index in [2.05, 4.69) is 10.3 Å². The van der Waals surface area contributed by atoms with E-state index in [9.17, 15) is 0 Å². The Bertz CT molecular complexity index is 621. The highest BCUT2D eigenvalue weighted by atomic mass is 35.5. The van der Waals surface area contributed by atoms with Gasteiger partial charge in [0.1, 0.15) is 5.82 Å². The molecule has 5 nitrogen and oxygen atoms in total. The maximum atomic E-state index is 5.55. The number of ether oxygens (including phenoxy) is 3. The van der Waals surface area contributed by atoms with E-state index in [4.69, 9.17) is 25.8 Å². The van der Waals surface area contributed by atoms with Crippen LogP contribution in [-0.2, 0) is 4.74 Å². The maximum Gasteiger partial charge on any atom is 0.231 e. The van der Waals surface area contributed by atoms with Crippen molar-refractivity contribution in [3.8, 4) is 11.5 Å². The average molecular weight is 309 g/mol. The first-order chi connectivity index (χ1) is 10.4. The summed E-state index contributed by atoms with van der Waals surface area (Å²) >= 11 is 5.55. The number of benzene rings is 1. The number of pyridine rings is 1. The highest BCUT2D eigenvalue weighted by molar-refractivity contribution is 6.17. The predicted octanol–water partition coefficient (Wildman–Crippen LogP) is 3.02. The van der Waals surface area contributed by atoms with Crippen molar-refractivity contribution >= 4 is 28.2 Å². The molecule has 1 aliphatic rings. The lowest BCUT2D eigenvalue weighted by Crippen LogP contribution is -2.08. The summed E-state index contributed by atoms with van der Waals surface area (Å²) in [6.45, 7) is 2.36. The minimum atomic E-state index is 0.278. The highest BCUT2D eigenvalue weighted by Gasteiger charge is 2.15. The van der Waals surface area contributed by atoms with E-state index in [0.29, 0.717) is 19.1 Å². The van der Waals surface area contributed by atoms with Crippen LogP contribution in [0, 0.1) is 0 Å². The molecule has 0 amide bonds. The van der Waals surface area contributed by atoms with Gasteiger partial charge in [0.25, 0.3) is 0 Å². The number of alkyl halides is 1. The molecule has 1 aromatic carbocycles. The van der Waals surface area contributed by atoms with Crippen molar-refractivity contribution in [3.05, 3.63) is 24.4 Å². The van der Waals surface area contributed by atoms with Crippen molar-refractivity contribution in [1.82, 2.24) is 4.98 Å². The zero-order chi connectivity index (χ0) is 14.5. The van der Waals surface area contributed by atoms with Gasteiger partial charge in [-0.05, 0) is 30.0 Å². The molecule has 0 atom stereocenters. The standard InChI is InChI=1S/C15H17ClN2O3/c16-3-7-19-6-1-4-17-15-12-9-14-13(20-10-21-14)8-11(12)2-5-18-15/h2,5,8-9H,1,3-4,6-7,10H2,(H,17,18). The first-order valence-corrected chi connectivity index (χ1v) is 7.48. The fraction of sp³-hybridized carbons (Fsp3) is 0.400. The Labute approximate surface area is 128 Å². The average Bonchev–Trinajstić information content (AvgIpc) is 2.96. The number of aromatic nitrogens is 1. The SMILES string of the molecule is ClCCOCCCNc1nccc2cc3c(cc12)OCO3. The van der Waals surface area contributed by atoms with Gasteiger partial charge in [-0.3, -0.25) is 0 Å². The number of rotatable bonds is 7. The highest BCUT2D eigenvalue weighted by Crippen LogP contribution is 2.37. The number of anilines is 1. The lowest BCUT2D eigenvalue weighted by Gasteiger charge is -2.09. The number of nitrogens with zero attached hydrogens (tertiary/aromatic N) is 1. The van der Waals surface area contributed by atoms with Gasteiger partial charge in [-0.15, -0.1) is 11.6 Å². The minimum absolute atomic E-state index is 0.278. The van der Waals surface area contributed by atoms with Gasteiger partial charge in [0, 0.05) is 30.6 Å². The van der Waals surface area contributed by atoms with Crippen LogP contribution in [0.3, 0.4) is 0 Å². The summed E-state index contributed by atoms with van der Waals surface area (Å²) in [6.07, 6.45) is 2.69. The van der Waals surface area contributed by atoms with Crippen LogP contribution in [0.15, 0.2) is 24.4 Å². The van der Waals surface area contributed by atoms with Crippen LogP contribution >= 0.6 is 11.6 Å². The molecule has 0 unspecified atom stereocenters. The van der Waals surface area contributed by atoms with Crippen molar-refractivity contribution in [2.24, 2.45) is 0 Å². The lowest BCUT2D eigenvalue weighted by atomic mass is 10.1. The molecular formula is C15H17ClN2O3. The largest absolute Gasteiger partial charge is 0.454 e. The number of fused-ring (bicyclic) bond motifs is 2. The third-order valence-corrected chi connectivity index (χ3v) is 3.39. The molecule has 0 aliphatic carbocycles. The van der Waals surface area contributed by atoms with Crippen molar-refractivity contribution in [1.29, 1.82) is 0 Å². The molecule has 2 aromatic rings. The Morgan fingerprint density at radius 2 is 2.10 bits per heavy atom. The molecule has 6 heteroatoms. The smallest absolute Gasteiger partial charge is 0.231 e. The summed E-state index contributed by atoms with van der Waals surface area (Å²) < 4.78 is 16.2. The molecule has 0 saturated heterocycles. The fourth-order valence-corrected chi connectivity index (χ4v) is 2.35. The number of halogens is 1. The van der Waals surface area contributed by atoms with Crippen molar-refractivity contribution in [3.63, 3.8) is 0 Å². The molecule has 2 heterocycles. The van der Waals surface area contributed by atoms with Crippen LogP contribution in [0.4, 0.5) is 5.82 Å². The summed E-state index contributed by atoms with van der Waals surface area (Å²) in [4.78, 5) is 4.40. The van der Waals surface area contributed by atoms with Gasteiger partial charge in [-0.1, -0.05) is 0 Å². The van der Waals surface area contributed by atoms with Crippen LogP contribution in [0.2, 0.25) is 0 Å². The van der Waals surface area contributed by atoms with Crippen molar-refractivity contribution in [2.75, 3.05) is 37.7 Å². The first-order valence-electron chi connectivity index (χ1n) is 6.94. The van der Waals surface area contributed by atoms with Crippen LogP contribution in [-0.4, -0.2) is 37.4 Å². The molecule has 0 fully saturated rings. The first kappa shape index (κ1) is 14.2. The quantitative estimate of drug-likeness (QED) is 0.629. The van der Waals surface area contributed by atoms with Gasteiger partial charge in [0.05, 0.1) is 6.61 Å². The molecule has 0 bridgehead atoms. The molecule has 0 saturated carbocycles. The molecular weight excluding hydrogens is 292 g/mol. The topological polar surface area (TPSA) is 52.6 Å². The number of hydrogen-bond acceptors (Lipinski definition) is 5. The monoisotopic (exact) mass is 308 g/mol. The lowest BCUT2D eigenvalue weighted by molar-refractivity contribution is 0.149. The second-order valence-corrected chi connectivity index (χ2v) is 5.05. The number of hydrogen-bond donors (Lipinski definition) is 1. The third-order valence-electron chi connectivity index (χ3n) is 3.24. The molecule has 0 radical (unpaired) electrons. The summed E-state index contributed by atoms with van der Waals surface area (Å²) in [5.74, 6) is 2.94. The van der Waals surface area contributed by atoms with E-state index in [1.54, 1.807) is 6.20 Å². The Morgan fingerprint density at radius 3 is 2.95 bits per heavy atom. The normalized spacial score (nSPS) is 12.8. The second kappa shape index (κ2) is 6.83. The van der Waals surface area contributed by atoms with Crippen LogP contribution in [0.5, 0.6) is 11.5 Å². The fourth-order valence-electron chi connectivity index (χ4n) is 2.24. The van der Waals surface area contributed by atoms with Gasteiger partial charge in [-0.2, -0.15) is 0 Å². The molecule has 1 aromatic heterocycles. The zero-order valence-electron chi connectivity index (χ0n) is 11.6. The Hall–Kier alpha value is -1.72. The van der Waals surface area contributed by atoms with E-state index in [1.165, 1.54) is 0 Å². The minimum Gasteiger partial charge on any atom is -0.454 e. The van der Waals surface area contributed by atoms with Crippen LogP contribution < -0.4 is 14.8 Å². The van der Waals surface area contributed by atoms with Crippen LogP contribution in [0.25, 0.3) is 10.8 Å². The summed E-state index contributed by atoms with van der Waals surface area (Å²) in [5, 5.41) is 5.45. The summed E-state index contributed by atoms with van der Waals surface area (Å²) in [5.41, 5.74) is 0. The Morgan fingerprint density at radius 1 is 1.24 bits per heavy atom. The second-order valence-electron chi connectivity index (χ2n) is 4.67. The molecule has 1 N–H and O–H groups in total. The summed E-state index contributed by atoms with van der Waals surface area (Å²) in [7, 11) is 0. The molecule has 21 heavy (non-hydrogen) atoms. The molecule has 3 rings (SSSR count). The van der Waals surface area contributed by atoms with Gasteiger partial charge >= 0.3 is 0 Å². The molecule has 0 spiro atoms. The van der Waals surface area contributed by atoms with Gasteiger partial charge in [0.2, 0.25) is 6.79 Å². The zero-order valence-corrected chi connectivity index (χ0v) is 12.4. The molecule has 1 aliphatic heterocycles. The summed E-state index contributed by atoms with van der Waals surface area (Å²) in [6, 6.07) is 5.91. The third kappa shape index (κ3) is 3.31. The van der Waals surface area contributed by atoms with Gasteiger partial charge < -0.3 is 19.5 Å². The maximum absolute atomic E-state index is 5.55. The Kier molecular flexibility index (Phi) is 4.62. The van der Waals surface area contributed by atoms with E-state index < -0.39 is 0 Å². The van der Waals surface area contributed by atoms with E-state index in [1.807, 2.05) is 18.2 Å². The van der Waals surface area contributed by atoms with Gasteiger partial charge in [-0.25, -0.2) is 4.98 Å². The van der Waals surface area contributed by atoms with Crippen LogP contribution in [0.1, 0.15) is 6.42 Å². The predicted molar refractivity (Wildman–Crippen MR) is 82.5 cm³/mol. The Balaban J connectivity index is 1.67.